The van der Waals surface area contributed by atoms with Gasteiger partial charge >= 0.3 is 0 Å². The predicted octanol–water partition coefficient (Wildman–Crippen LogP) is 3.82. The van der Waals surface area contributed by atoms with Gasteiger partial charge in [0.2, 0.25) is 0 Å². The summed E-state index contributed by atoms with van der Waals surface area (Å²) in [6.07, 6.45) is 0. The van der Waals surface area contributed by atoms with E-state index in [-0.39, 0.29) is 23.8 Å². The van der Waals surface area contributed by atoms with E-state index in [4.69, 9.17) is 4.74 Å². The molecule has 0 aliphatic carbocycles. The molecule has 5 heteroatoms. The van der Waals surface area contributed by atoms with Crippen molar-refractivity contribution in [2.75, 3.05) is 25.6 Å². The largest absolute Gasteiger partial charge is 0.383 e. The summed E-state index contributed by atoms with van der Waals surface area (Å²) in [6.45, 7) is 6.97. The molecule has 0 bridgehead atoms. The van der Waals surface area contributed by atoms with Gasteiger partial charge in [0.05, 0.1) is 18.7 Å². The molecule has 0 saturated heterocycles. The zero-order chi connectivity index (χ0) is 20.3. The highest BCUT2D eigenvalue weighted by Crippen LogP contribution is 2.31. The van der Waals surface area contributed by atoms with Gasteiger partial charge in [-0.1, -0.05) is 63.2 Å². The van der Waals surface area contributed by atoms with E-state index in [1.165, 1.54) is 10.5 Å². The lowest BCUT2D eigenvalue weighted by molar-refractivity contribution is -0.137. The number of rotatable bonds is 6. The minimum absolute atomic E-state index is 0.0447. The SMILES string of the molecule is COCCN1C(=O)C(Nc2ccc(C(C)(C)C)cc2)=C(c2ccccc2)C1=O. The minimum Gasteiger partial charge on any atom is -0.383 e. The monoisotopic (exact) mass is 378 g/mol. The van der Waals surface area contributed by atoms with E-state index in [0.717, 1.165) is 11.3 Å². The van der Waals surface area contributed by atoms with E-state index in [2.05, 4.69) is 26.1 Å². The van der Waals surface area contributed by atoms with Crippen LogP contribution in [-0.4, -0.2) is 37.0 Å². The summed E-state index contributed by atoms with van der Waals surface area (Å²) in [5.41, 5.74) is 3.42. The lowest BCUT2D eigenvalue weighted by Gasteiger charge is -2.19. The van der Waals surface area contributed by atoms with Crippen LogP contribution in [-0.2, 0) is 19.7 Å². The van der Waals surface area contributed by atoms with Crippen LogP contribution in [0.3, 0.4) is 0 Å². The van der Waals surface area contributed by atoms with Crippen molar-refractivity contribution >= 4 is 23.1 Å². The Morgan fingerprint density at radius 1 is 0.929 bits per heavy atom. The molecular weight excluding hydrogens is 352 g/mol. The van der Waals surface area contributed by atoms with Crippen molar-refractivity contribution in [1.29, 1.82) is 0 Å². The molecular formula is C23H26N2O3. The first-order chi connectivity index (χ1) is 13.3. The molecule has 0 atom stereocenters. The van der Waals surface area contributed by atoms with Crippen LogP contribution in [0.4, 0.5) is 5.69 Å². The summed E-state index contributed by atoms with van der Waals surface area (Å²) in [6, 6.07) is 17.2. The van der Waals surface area contributed by atoms with E-state index in [1.54, 1.807) is 7.11 Å². The maximum atomic E-state index is 13.0. The lowest BCUT2D eigenvalue weighted by atomic mass is 9.87. The van der Waals surface area contributed by atoms with Gasteiger partial charge < -0.3 is 10.1 Å². The summed E-state index contributed by atoms with van der Waals surface area (Å²) in [7, 11) is 1.55. The van der Waals surface area contributed by atoms with Gasteiger partial charge in [-0.2, -0.15) is 0 Å². The molecule has 1 aliphatic heterocycles. The van der Waals surface area contributed by atoms with Crippen molar-refractivity contribution in [2.24, 2.45) is 0 Å². The Hall–Kier alpha value is -2.92. The highest BCUT2D eigenvalue weighted by molar-refractivity contribution is 6.36. The van der Waals surface area contributed by atoms with Crippen molar-refractivity contribution in [3.63, 3.8) is 0 Å². The lowest BCUT2D eigenvalue weighted by Crippen LogP contribution is -2.35. The van der Waals surface area contributed by atoms with E-state index < -0.39 is 0 Å². The van der Waals surface area contributed by atoms with Crippen molar-refractivity contribution in [1.82, 2.24) is 4.90 Å². The maximum Gasteiger partial charge on any atom is 0.278 e. The Labute approximate surface area is 166 Å². The molecule has 0 aromatic heterocycles. The van der Waals surface area contributed by atoms with Crippen molar-refractivity contribution < 1.29 is 14.3 Å². The van der Waals surface area contributed by atoms with Crippen LogP contribution < -0.4 is 5.32 Å². The second-order valence-corrected chi connectivity index (χ2v) is 7.82. The van der Waals surface area contributed by atoms with E-state index in [1.807, 2.05) is 54.6 Å². The van der Waals surface area contributed by atoms with Gasteiger partial charge in [0.15, 0.2) is 0 Å². The number of hydrogen-bond acceptors (Lipinski definition) is 4. The molecule has 28 heavy (non-hydrogen) atoms. The number of carbonyl (C=O) groups excluding carboxylic acids is 2. The third kappa shape index (κ3) is 3.99. The van der Waals surface area contributed by atoms with Gasteiger partial charge in [-0.05, 0) is 28.7 Å². The molecule has 2 aromatic rings. The summed E-state index contributed by atoms with van der Waals surface area (Å²) < 4.78 is 5.05. The van der Waals surface area contributed by atoms with Crippen LogP contribution in [0.1, 0.15) is 31.9 Å². The van der Waals surface area contributed by atoms with Crippen LogP contribution >= 0.6 is 0 Å². The fraction of sp³-hybridized carbons (Fsp3) is 0.304. The molecule has 3 rings (SSSR count). The number of benzene rings is 2. The molecule has 1 aliphatic rings. The Bertz CT molecular complexity index is 894. The third-order valence-electron chi connectivity index (χ3n) is 4.77. The van der Waals surface area contributed by atoms with E-state index in [9.17, 15) is 9.59 Å². The number of nitrogens with one attached hydrogen (secondary N) is 1. The smallest absolute Gasteiger partial charge is 0.278 e. The van der Waals surface area contributed by atoms with Crippen LogP contribution in [0, 0.1) is 0 Å². The predicted molar refractivity (Wildman–Crippen MR) is 111 cm³/mol. The summed E-state index contributed by atoms with van der Waals surface area (Å²) in [5.74, 6) is -0.636. The molecule has 2 aromatic carbocycles. The first kappa shape index (κ1) is 19.8. The fourth-order valence-electron chi connectivity index (χ4n) is 3.15. The Morgan fingerprint density at radius 2 is 1.57 bits per heavy atom. The summed E-state index contributed by atoms with van der Waals surface area (Å²) in [5, 5.41) is 3.18. The Balaban J connectivity index is 1.97. The van der Waals surface area contributed by atoms with Crippen LogP contribution in [0.25, 0.3) is 5.57 Å². The number of imide groups is 1. The van der Waals surface area contributed by atoms with Gasteiger partial charge in [0, 0.05) is 12.8 Å². The molecule has 2 amide bonds. The molecule has 0 spiro atoms. The van der Waals surface area contributed by atoms with Gasteiger partial charge in [-0.3, -0.25) is 14.5 Å². The molecule has 0 saturated carbocycles. The highest BCUT2D eigenvalue weighted by Gasteiger charge is 2.38. The molecule has 0 radical (unpaired) electrons. The maximum absolute atomic E-state index is 13.0. The average Bonchev–Trinajstić information content (AvgIpc) is 2.90. The molecule has 5 nitrogen and oxygen atoms in total. The quantitative estimate of drug-likeness (QED) is 0.777. The molecule has 0 unspecified atom stereocenters. The Morgan fingerprint density at radius 3 is 2.14 bits per heavy atom. The summed E-state index contributed by atoms with van der Waals surface area (Å²) >= 11 is 0. The minimum atomic E-state index is -0.333. The van der Waals surface area contributed by atoms with Crippen molar-refractivity contribution in [2.45, 2.75) is 26.2 Å². The van der Waals surface area contributed by atoms with E-state index >= 15 is 0 Å². The van der Waals surface area contributed by atoms with Gasteiger partial charge in [-0.15, -0.1) is 0 Å². The van der Waals surface area contributed by atoms with Gasteiger partial charge in [0.1, 0.15) is 5.70 Å². The third-order valence-corrected chi connectivity index (χ3v) is 4.77. The molecule has 146 valence electrons. The normalized spacial score (nSPS) is 14.8. The first-order valence-electron chi connectivity index (χ1n) is 9.35. The van der Waals surface area contributed by atoms with E-state index in [0.29, 0.717) is 17.9 Å². The number of methoxy groups -OCH3 is 1. The average molecular weight is 378 g/mol. The van der Waals surface area contributed by atoms with Crippen molar-refractivity contribution in [3.8, 4) is 0 Å². The molecule has 1 heterocycles. The first-order valence-corrected chi connectivity index (χ1v) is 9.35. The molecule has 1 N–H and O–H groups in total. The van der Waals surface area contributed by atoms with Crippen molar-refractivity contribution in [3.05, 3.63) is 71.4 Å². The zero-order valence-corrected chi connectivity index (χ0v) is 16.8. The van der Waals surface area contributed by atoms with Crippen LogP contribution in [0.15, 0.2) is 60.3 Å². The number of ether oxygens (including phenoxy) is 1. The van der Waals surface area contributed by atoms with Crippen LogP contribution in [0.5, 0.6) is 0 Å². The van der Waals surface area contributed by atoms with Gasteiger partial charge in [0.25, 0.3) is 11.8 Å². The van der Waals surface area contributed by atoms with Crippen LogP contribution in [0.2, 0.25) is 0 Å². The standard InChI is InChI=1S/C23H26N2O3/c1-23(2,3)17-10-12-18(13-11-17)24-20-19(16-8-6-5-7-9-16)21(26)25(22(20)27)14-15-28-4/h5-13,24H,14-15H2,1-4H3. The number of carbonyl (C=O) groups is 2. The zero-order valence-electron chi connectivity index (χ0n) is 16.8. The number of nitrogens with zero attached hydrogens (tertiary/aromatic N) is 1. The summed E-state index contributed by atoms with van der Waals surface area (Å²) in [4.78, 5) is 27.2. The van der Waals surface area contributed by atoms with Gasteiger partial charge in [-0.25, -0.2) is 0 Å². The number of amides is 2. The Kier molecular flexibility index (Phi) is 5.66. The number of hydrogen-bond donors (Lipinski definition) is 1. The second kappa shape index (κ2) is 7.98. The fourth-order valence-corrected chi connectivity index (χ4v) is 3.15. The molecule has 0 fully saturated rings. The number of anilines is 1. The topological polar surface area (TPSA) is 58.6 Å². The second-order valence-electron chi connectivity index (χ2n) is 7.82. The highest BCUT2D eigenvalue weighted by atomic mass is 16.5.